The minimum atomic E-state index is -0.511. The van der Waals surface area contributed by atoms with Gasteiger partial charge in [0.2, 0.25) is 10.0 Å². The van der Waals surface area contributed by atoms with E-state index in [4.69, 9.17) is 0 Å². The molecule has 2 amide bonds. The lowest BCUT2D eigenvalue weighted by Gasteiger charge is -2.36. The monoisotopic (exact) mass is 486 g/mol. The Morgan fingerprint density at radius 3 is 2.09 bits per heavy atom. The van der Waals surface area contributed by atoms with Gasteiger partial charge in [0.15, 0.2) is 0 Å². The zero-order valence-corrected chi connectivity index (χ0v) is 19.2. The highest BCUT2D eigenvalue weighted by atomic mass is 32.1. The summed E-state index contributed by atoms with van der Waals surface area (Å²) in [5.41, 5.74) is 1.45. The molecular weight excluding hydrogens is 462 g/mol. The maximum absolute atomic E-state index is 13.1. The summed E-state index contributed by atoms with van der Waals surface area (Å²) in [6, 6.07) is 11.9. The van der Waals surface area contributed by atoms with E-state index in [9.17, 15) is 18.4 Å². The van der Waals surface area contributed by atoms with Crippen molar-refractivity contribution in [3.63, 3.8) is 0 Å². The first-order valence-corrected chi connectivity index (χ1v) is 11.7. The van der Waals surface area contributed by atoms with Crippen molar-refractivity contribution in [2.45, 2.75) is 6.42 Å². The molecule has 2 N–H and O–H groups in total. The molecule has 1 aromatic heterocycles. The van der Waals surface area contributed by atoms with Gasteiger partial charge >= 0.3 is 0 Å². The van der Waals surface area contributed by atoms with Gasteiger partial charge in [-0.15, -0.1) is 10.2 Å². The molecule has 2 heterocycles. The lowest BCUT2D eigenvalue weighted by molar-refractivity contribution is 0.0949. The van der Waals surface area contributed by atoms with E-state index in [1.54, 1.807) is 12.1 Å². The molecule has 2 aromatic carbocycles. The molecule has 1 saturated heterocycles. The second kappa shape index (κ2) is 11.1. The van der Waals surface area contributed by atoms with Crippen molar-refractivity contribution in [3.8, 4) is 0 Å². The minimum absolute atomic E-state index is 0.0495. The summed E-state index contributed by atoms with van der Waals surface area (Å²) in [5.74, 6) is -1.52. The molecule has 0 radical (unpaired) electrons. The normalized spacial score (nSPS) is 14.1. The number of rotatable bonds is 8. The number of amides is 2. The zero-order chi connectivity index (χ0) is 23.9. The maximum atomic E-state index is 13.1. The van der Waals surface area contributed by atoms with Gasteiger partial charge in [0.25, 0.3) is 11.8 Å². The van der Waals surface area contributed by atoms with Crippen LogP contribution in [0.25, 0.3) is 0 Å². The second-order valence-corrected chi connectivity index (χ2v) is 8.77. The van der Waals surface area contributed by atoms with Crippen molar-refractivity contribution in [1.29, 1.82) is 0 Å². The first kappa shape index (κ1) is 23.7. The van der Waals surface area contributed by atoms with Crippen LogP contribution in [-0.4, -0.2) is 66.2 Å². The van der Waals surface area contributed by atoms with Crippen LogP contribution in [-0.2, 0) is 0 Å². The van der Waals surface area contributed by atoms with Crippen LogP contribution in [0.4, 0.5) is 20.2 Å². The molecular formula is C23H24F2N6O2S. The van der Waals surface area contributed by atoms with Crippen molar-refractivity contribution < 1.29 is 18.4 Å². The van der Waals surface area contributed by atoms with Gasteiger partial charge in [-0.1, -0.05) is 11.3 Å². The zero-order valence-electron chi connectivity index (χ0n) is 18.3. The summed E-state index contributed by atoms with van der Waals surface area (Å²) in [6.07, 6.45) is 0.777. The van der Waals surface area contributed by atoms with Crippen LogP contribution >= 0.6 is 11.3 Å². The molecule has 34 heavy (non-hydrogen) atoms. The highest BCUT2D eigenvalue weighted by Gasteiger charge is 2.19. The Labute approximate surface area is 199 Å². The summed E-state index contributed by atoms with van der Waals surface area (Å²) in [4.78, 5) is 29.1. The number of halogens is 2. The number of benzene rings is 2. The van der Waals surface area contributed by atoms with Crippen molar-refractivity contribution >= 4 is 34.5 Å². The third-order valence-electron chi connectivity index (χ3n) is 5.42. The molecule has 0 atom stereocenters. The van der Waals surface area contributed by atoms with E-state index in [2.05, 4.69) is 30.6 Å². The third-order valence-corrected chi connectivity index (χ3v) is 6.34. The Bertz CT molecular complexity index is 1120. The number of piperazine rings is 1. The van der Waals surface area contributed by atoms with Crippen LogP contribution in [0.3, 0.4) is 0 Å². The van der Waals surface area contributed by atoms with Crippen LogP contribution in [0.5, 0.6) is 0 Å². The minimum Gasteiger partial charge on any atom is -0.369 e. The number of carbonyl (C=O) groups excluding carboxylic acids is 2. The smallest absolute Gasteiger partial charge is 0.286 e. The Balaban J connectivity index is 1.16. The Kier molecular flexibility index (Phi) is 7.76. The average Bonchev–Trinajstić information content (AvgIpc) is 3.35. The molecule has 3 aromatic rings. The molecule has 0 unspecified atom stereocenters. The number of aromatic nitrogens is 2. The molecule has 4 rings (SSSR count). The van der Waals surface area contributed by atoms with Crippen LogP contribution in [0.2, 0.25) is 0 Å². The molecule has 178 valence electrons. The Morgan fingerprint density at radius 1 is 0.853 bits per heavy atom. The molecule has 0 saturated carbocycles. The van der Waals surface area contributed by atoms with E-state index < -0.39 is 11.7 Å². The second-order valence-electron chi connectivity index (χ2n) is 7.79. The predicted octanol–water partition coefficient (Wildman–Crippen LogP) is 3.01. The Hall–Kier alpha value is -3.44. The fourth-order valence-corrected chi connectivity index (χ4v) is 4.24. The topological polar surface area (TPSA) is 90.5 Å². The number of nitrogens with one attached hydrogen (secondary N) is 2. The van der Waals surface area contributed by atoms with Gasteiger partial charge in [-0.2, -0.15) is 0 Å². The lowest BCUT2D eigenvalue weighted by atomic mass is 10.2. The largest absolute Gasteiger partial charge is 0.369 e. The lowest BCUT2D eigenvalue weighted by Crippen LogP contribution is -2.47. The van der Waals surface area contributed by atoms with Crippen molar-refractivity contribution in [2.75, 3.05) is 49.5 Å². The summed E-state index contributed by atoms with van der Waals surface area (Å²) < 4.78 is 26.1. The molecule has 11 heteroatoms. The van der Waals surface area contributed by atoms with Gasteiger partial charge in [-0.25, -0.2) is 8.78 Å². The van der Waals surface area contributed by atoms with Crippen LogP contribution in [0.1, 0.15) is 26.0 Å². The number of hydrogen-bond acceptors (Lipinski definition) is 7. The summed E-state index contributed by atoms with van der Waals surface area (Å²) in [6.45, 7) is 4.85. The van der Waals surface area contributed by atoms with E-state index in [1.807, 2.05) is 0 Å². The van der Waals surface area contributed by atoms with Gasteiger partial charge < -0.3 is 15.5 Å². The molecule has 8 nitrogen and oxygen atoms in total. The third kappa shape index (κ3) is 6.33. The molecule has 0 spiro atoms. The van der Waals surface area contributed by atoms with Gasteiger partial charge in [0, 0.05) is 44.1 Å². The fraction of sp³-hybridized carbons (Fsp3) is 0.304. The van der Waals surface area contributed by atoms with E-state index in [1.165, 1.54) is 36.4 Å². The number of nitrogens with zero attached hydrogens (tertiary/aromatic N) is 4. The van der Waals surface area contributed by atoms with E-state index in [0.717, 1.165) is 56.2 Å². The van der Waals surface area contributed by atoms with E-state index in [0.29, 0.717) is 12.2 Å². The SMILES string of the molecule is O=C(NCCCN1CCN(c2ccc(F)cc2)CC1)c1nnc(C(=O)Nc2ccc(F)cc2)s1. The quantitative estimate of drug-likeness (QED) is 0.476. The summed E-state index contributed by atoms with van der Waals surface area (Å²) in [7, 11) is 0. The molecule has 0 bridgehead atoms. The van der Waals surface area contributed by atoms with Gasteiger partial charge in [-0.3, -0.25) is 14.5 Å². The molecule has 1 fully saturated rings. The fourth-order valence-electron chi connectivity index (χ4n) is 3.59. The van der Waals surface area contributed by atoms with Gasteiger partial charge in [0.1, 0.15) is 11.6 Å². The first-order chi connectivity index (χ1) is 16.5. The number of anilines is 2. The van der Waals surface area contributed by atoms with Crippen LogP contribution < -0.4 is 15.5 Å². The van der Waals surface area contributed by atoms with Gasteiger partial charge in [0.05, 0.1) is 0 Å². The van der Waals surface area contributed by atoms with Crippen LogP contribution in [0.15, 0.2) is 48.5 Å². The molecule has 1 aliphatic heterocycles. The summed E-state index contributed by atoms with van der Waals surface area (Å²) in [5, 5.41) is 13.1. The van der Waals surface area contributed by atoms with E-state index >= 15 is 0 Å². The Morgan fingerprint density at radius 2 is 1.44 bits per heavy atom. The predicted molar refractivity (Wildman–Crippen MR) is 126 cm³/mol. The number of hydrogen-bond donors (Lipinski definition) is 2. The van der Waals surface area contributed by atoms with Crippen molar-refractivity contribution in [2.24, 2.45) is 0 Å². The average molecular weight is 487 g/mol. The van der Waals surface area contributed by atoms with Crippen molar-refractivity contribution in [1.82, 2.24) is 20.4 Å². The molecule has 1 aliphatic rings. The van der Waals surface area contributed by atoms with Crippen LogP contribution in [0, 0.1) is 11.6 Å². The molecule has 0 aliphatic carbocycles. The highest BCUT2D eigenvalue weighted by molar-refractivity contribution is 7.15. The number of carbonyl (C=O) groups is 2. The maximum Gasteiger partial charge on any atom is 0.286 e. The first-order valence-electron chi connectivity index (χ1n) is 10.9. The van der Waals surface area contributed by atoms with Crippen molar-refractivity contribution in [3.05, 3.63) is 70.2 Å². The standard InChI is InChI=1S/C23H24F2N6O2S/c24-16-2-6-18(7-3-16)27-21(33)23-29-28-22(34-23)20(32)26-10-1-11-30-12-14-31(15-13-30)19-8-4-17(25)5-9-19/h2-9H,1,10-15H2,(H,26,32)(H,27,33). The van der Waals surface area contributed by atoms with E-state index in [-0.39, 0.29) is 21.7 Å². The summed E-state index contributed by atoms with van der Waals surface area (Å²) >= 11 is 0.897. The highest BCUT2D eigenvalue weighted by Crippen LogP contribution is 2.17. The van der Waals surface area contributed by atoms with Gasteiger partial charge in [-0.05, 0) is 61.5 Å².